The van der Waals surface area contributed by atoms with Crippen LogP contribution in [0.1, 0.15) is 30.8 Å². The average Bonchev–Trinajstić information content (AvgIpc) is 2.89. The third kappa shape index (κ3) is 2.56. The van der Waals surface area contributed by atoms with E-state index in [2.05, 4.69) is 45.9 Å². The van der Waals surface area contributed by atoms with Gasteiger partial charge >= 0.3 is 0 Å². The lowest BCUT2D eigenvalue weighted by atomic mass is 10.1. The monoisotopic (exact) mass is 291 g/mol. The molecule has 3 heterocycles. The Hall–Kier alpha value is -2.74. The molecule has 0 aliphatic rings. The van der Waals surface area contributed by atoms with Crippen molar-refractivity contribution in [1.82, 2.24) is 19.9 Å². The minimum absolute atomic E-state index is 0.465. The highest BCUT2D eigenvalue weighted by Gasteiger charge is 2.15. The van der Waals surface area contributed by atoms with Crippen molar-refractivity contribution in [1.29, 1.82) is 5.26 Å². The molecule has 5 heteroatoms. The van der Waals surface area contributed by atoms with Gasteiger partial charge in [0.05, 0.1) is 11.3 Å². The maximum Gasteiger partial charge on any atom is 0.137 e. The molecule has 0 spiro atoms. The van der Waals surface area contributed by atoms with Crippen LogP contribution in [0.2, 0.25) is 0 Å². The van der Waals surface area contributed by atoms with Crippen molar-refractivity contribution in [2.75, 3.05) is 0 Å². The molecule has 0 unspecified atom stereocenters. The summed E-state index contributed by atoms with van der Waals surface area (Å²) in [5.41, 5.74) is 3.92. The Morgan fingerprint density at radius 3 is 2.82 bits per heavy atom. The van der Waals surface area contributed by atoms with Gasteiger partial charge in [0, 0.05) is 36.0 Å². The molecule has 22 heavy (non-hydrogen) atoms. The molecule has 0 bridgehead atoms. The van der Waals surface area contributed by atoms with Gasteiger partial charge in [0.25, 0.3) is 0 Å². The molecule has 1 N–H and O–H groups in total. The van der Waals surface area contributed by atoms with Crippen LogP contribution in [0, 0.1) is 24.2 Å². The molecule has 0 aliphatic heterocycles. The van der Waals surface area contributed by atoms with Crippen molar-refractivity contribution in [3.63, 3.8) is 0 Å². The van der Waals surface area contributed by atoms with Crippen molar-refractivity contribution in [2.45, 2.75) is 27.2 Å². The number of fused-ring (bicyclic) bond motifs is 1. The molecule has 110 valence electrons. The van der Waals surface area contributed by atoms with E-state index < -0.39 is 0 Å². The fourth-order valence-corrected chi connectivity index (χ4v) is 2.47. The van der Waals surface area contributed by atoms with Gasteiger partial charge in [-0.15, -0.1) is 0 Å². The molecule has 0 saturated carbocycles. The smallest absolute Gasteiger partial charge is 0.137 e. The van der Waals surface area contributed by atoms with E-state index in [1.54, 1.807) is 6.20 Å². The molecule has 0 radical (unpaired) electrons. The summed E-state index contributed by atoms with van der Waals surface area (Å²) in [5, 5.41) is 10.3. The van der Waals surface area contributed by atoms with Crippen LogP contribution in [-0.4, -0.2) is 19.9 Å². The zero-order valence-corrected chi connectivity index (χ0v) is 12.9. The molecule has 0 saturated heterocycles. The largest absolute Gasteiger partial charge is 0.345 e. The zero-order valence-electron chi connectivity index (χ0n) is 12.9. The van der Waals surface area contributed by atoms with Gasteiger partial charge in [-0.3, -0.25) is 0 Å². The zero-order chi connectivity index (χ0) is 15.7. The van der Waals surface area contributed by atoms with E-state index in [-0.39, 0.29) is 0 Å². The second kappa shape index (κ2) is 5.57. The van der Waals surface area contributed by atoms with Gasteiger partial charge in [-0.25, -0.2) is 15.0 Å². The Labute approximate surface area is 129 Å². The van der Waals surface area contributed by atoms with Crippen molar-refractivity contribution < 1.29 is 0 Å². The van der Waals surface area contributed by atoms with Crippen molar-refractivity contribution in [2.24, 2.45) is 5.92 Å². The fraction of sp³-hybridized carbons (Fsp3) is 0.294. The van der Waals surface area contributed by atoms with Gasteiger partial charge in [0.2, 0.25) is 0 Å². The van der Waals surface area contributed by atoms with E-state index in [1.807, 2.05) is 19.3 Å². The van der Waals surface area contributed by atoms with E-state index in [9.17, 15) is 5.26 Å². The highest BCUT2D eigenvalue weighted by atomic mass is 14.9. The number of H-pyrrole nitrogens is 1. The van der Waals surface area contributed by atoms with Crippen molar-refractivity contribution in [3.05, 3.63) is 41.6 Å². The summed E-state index contributed by atoms with van der Waals surface area (Å²) in [6.45, 7) is 6.25. The Kier molecular flexibility index (Phi) is 3.60. The maximum absolute atomic E-state index is 9.36. The summed E-state index contributed by atoms with van der Waals surface area (Å²) in [4.78, 5) is 16.4. The third-order valence-corrected chi connectivity index (χ3v) is 3.47. The summed E-state index contributed by atoms with van der Waals surface area (Å²) in [7, 11) is 0. The lowest BCUT2D eigenvalue weighted by Crippen LogP contribution is -2.03. The Morgan fingerprint density at radius 2 is 2.09 bits per heavy atom. The normalized spacial score (nSPS) is 11.0. The molecule has 0 aromatic carbocycles. The first-order valence-corrected chi connectivity index (χ1v) is 7.28. The number of aromatic amines is 1. The van der Waals surface area contributed by atoms with Crippen LogP contribution in [0.3, 0.4) is 0 Å². The summed E-state index contributed by atoms with van der Waals surface area (Å²) in [6, 6.07) is 4.24. The van der Waals surface area contributed by atoms with Gasteiger partial charge < -0.3 is 4.98 Å². The number of aryl methyl sites for hydroxylation is 1. The Bertz CT molecular complexity index is 870. The minimum atomic E-state index is 0.465. The summed E-state index contributed by atoms with van der Waals surface area (Å²) in [5.74, 6) is 1.23. The lowest BCUT2D eigenvalue weighted by Gasteiger charge is -2.07. The van der Waals surface area contributed by atoms with Crippen LogP contribution in [0.4, 0.5) is 0 Å². The number of rotatable bonds is 3. The van der Waals surface area contributed by atoms with Gasteiger partial charge in [0.1, 0.15) is 17.5 Å². The number of nitrogens with zero attached hydrogens (tertiary/aromatic N) is 4. The number of hydrogen-bond donors (Lipinski definition) is 1. The second-order valence-electron chi connectivity index (χ2n) is 5.87. The number of pyridine rings is 1. The number of nitrogens with one attached hydrogen (secondary N) is 1. The molecule has 3 rings (SSSR count). The molecule has 5 nitrogen and oxygen atoms in total. The Morgan fingerprint density at radius 1 is 1.27 bits per heavy atom. The highest BCUT2D eigenvalue weighted by molar-refractivity contribution is 5.94. The van der Waals surface area contributed by atoms with Crippen LogP contribution in [0.25, 0.3) is 22.3 Å². The average molecular weight is 291 g/mol. The van der Waals surface area contributed by atoms with Gasteiger partial charge in [0.15, 0.2) is 0 Å². The predicted octanol–water partition coefficient (Wildman–Crippen LogP) is 3.40. The first-order chi connectivity index (χ1) is 10.6. The highest BCUT2D eigenvalue weighted by Crippen LogP contribution is 2.29. The molecule has 3 aromatic heterocycles. The van der Waals surface area contributed by atoms with E-state index in [0.29, 0.717) is 17.2 Å². The quantitative estimate of drug-likeness (QED) is 0.802. The summed E-state index contributed by atoms with van der Waals surface area (Å²) in [6.07, 6.45) is 6.08. The molecular formula is C17H17N5. The standard InChI is InChI=1S/C17H17N5/c1-10(2)4-15-19-8-12(6-18)16(22-15)14-9-21-17-13(14)5-11(3)7-20-17/h5,7-10H,4H2,1-3H3,(H,20,21). The van der Waals surface area contributed by atoms with E-state index in [0.717, 1.165) is 34.4 Å². The lowest BCUT2D eigenvalue weighted by molar-refractivity contribution is 0.621. The molecular weight excluding hydrogens is 274 g/mol. The number of hydrogen-bond acceptors (Lipinski definition) is 4. The van der Waals surface area contributed by atoms with Crippen LogP contribution < -0.4 is 0 Å². The topological polar surface area (TPSA) is 78.2 Å². The van der Waals surface area contributed by atoms with Gasteiger partial charge in [-0.05, 0) is 24.5 Å². The summed E-state index contributed by atoms with van der Waals surface area (Å²) < 4.78 is 0. The van der Waals surface area contributed by atoms with Crippen LogP contribution in [-0.2, 0) is 6.42 Å². The maximum atomic E-state index is 9.36. The minimum Gasteiger partial charge on any atom is -0.345 e. The third-order valence-electron chi connectivity index (χ3n) is 3.47. The SMILES string of the molecule is Cc1cnc2[nH]cc(-c3nc(CC(C)C)ncc3C#N)c2c1. The van der Waals surface area contributed by atoms with Crippen molar-refractivity contribution >= 4 is 11.0 Å². The van der Waals surface area contributed by atoms with Crippen LogP contribution in [0.5, 0.6) is 0 Å². The Balaban J connectivity index is 2.20. The molecule has 0 aliphatic carbocycles. The van der Waals surface area contributed by atoms with Gasteiger partial charge in [-0.2, -0.15) is 5.26 Å². The second-order valence-corrected chi connectivity index (χ2v) is 5.87. The van der Waals surface area contributed by atoms with Crippen LogP contribution >= 0.6 is 0 Å². The van der Waals surface area contributed by atoms with Crippen molar-refractivity contribution in [3.8, 4) is 17.3 Å². The van der Waals surface area contributed by atoms with Crippen LogP contribution in [0.15, 0.2) is 24.7 Å². The first-order valence-electron chi connectivity index (χ1n) is 7.28. The van der Waals surface area contributed by atoms with Gasteiger partial charge in [-0.1, -0.05) is 13.8 Å². The summed E-state index contributed by atoms with van der Waals surface area (Å²) >= 11 is 0. The molecule has 0 atom stereocenters. The fourth-order valence-electron chi connectivity index (χ4n) is 2.47. The number of nitriles is 1. The predicted molar refractivity (Wildman–Crippen MR) is 85.1 cm³/mol. The van der Waals surface area contributed by atoms with E-state index in [4.69, 9.17) is 0 Å². The molecule has 0 amide bonds. The molecule has 3 aromatic rings. The number of aromatic nitrogens is 4. The van der Waals surface area contributed by atoms with E-state index in [1.165, 1.54) is 0 Å². The molecule has 0 fully saturated rings. The first kappa shape index (κ1) is 14.2. The van der Waals surface area contributed by atoms with E-state index >= 15 is 0 Å².